The number of carbonyl (C=O) groups is 2. The van der Waals surface area contributed by atoms with Gasteiger partial charge in [0.2, 0.25) is 0 Å². The summed E-state index contributed by atoms with van der Waals surface area (Å²) in [6.07, 6.45) is 5.61. The number of ether oxygens (including phenoxy) is 1. The number of benzene rings is 2. The molecule has 0 spiro atoms. The zero-order chi connectivity index (χ0) is 18.2. The predicted octanol–water partition coefficient (Wildman–Crippen LogP) is 4.85. The zero-order valence-corrected chi connectivity index (χ0v) is 15.3. The Hall–Kier alpha value is -2.53. The number of hydrogen-bond donors (Lipinski definition) is 1. The molecule has 0 atom stereocenters. The average molecular weight is 367 g/mol. The molecule has 5 heteroatoms. The number of carbonyl (C=O) groups excluding carboxylic acids is 2. The van der Waals surface area contributed by atoms with E-state index in [2.05, 4.69) is 29.6 Å². The Bertz CT molecular complexity index is 802. The van der Waals surface area contributed by atoms with Crippen LogP contribution < -0.4 is 10.1 Å². The van der Waals surface area contributed by atoms with Gasteiger partial charge in [0.05, 0.1) is 4.91 Å². The molecule has 0 unspecified atom stereocenters. The quantitative estimate of drug-likeness (QED) is 0.535. The Morgan fingerprint density at radius 2 is 1.77 bits per heavy atom. The molecular formula is C21H21NO3S. The smallest absolute Gasteiger partial charge is 0.290 e. The van der Waals surface area contributed by atoms with Crippen molar-refractivity contribution >= 4 is 22.9 Å². The van der Waals surface area contributed by atoms with E-state index in [1.807, 2.05) is 36.4 Å². The van der Waals surface area contributed by atoms with Crippen molar-refractivity contribution in [1.82, 2.24) is 5.32 Å². The normalized spacial score (nSPS) is 15.3. The van der Waals surface area contributed by atoms with Gasteiger partial charge in [-0.15, -0.1) is 0 Å². The van der Waals surface area contributed by atoms with Gasteiger partial charge in [0.1, 0.15) is 12.4 Å². The molecule has 0 radical (unpaired) electrons. The lowest BCUT2D eigenvalue weighted by molar-refractivity contribution is -0.115. The minimum atomic E-state index is -0.284. The van der Waals surface area contributed by atoms with Crippen molar-refractivity contribution in [2.45, 2.75) is 32.3 Å². The van der Waals surface area contributed by atoms with Crippen LogP contribution in [0.5, 0.6) is 5.75 Å². The lowest BCUT2D eigenvalue weighted by atomic mass is 10.1. The van der Waals surface area contributed by atoms with Crippen molar-refractivity contribution in [2.24, 2.45) is 0 Å². The molecule has 4 nitrogen and oxygen atoms in total. The minimum absolute atomic E-state index is 0.275. The second-order valence-corrected chi connectivity index (χ2v) is 7.09. The van der Waals surface area contributed by atoms with Crippen LogP contribution in [-0.2, 0) is 17.8 Å². The third-order valence-electron chi connectivity index (χ3n) is 4.04. The first kappa shape index (κ1) is 18.3. The average Bonchev–Trinajstić information content (AvgIpc) is 2.98. The summed E-state index contributed by atoms with van der Waals surface area (Å²) < 4.78 is 5.86. The molecule has 1 N–H and O–H groups in total. The van der Waals surface area contributed by atoms with Crippen molar-refractivity contribution in [3.8, 4) is 5.75 Å². The molecule has 2 aromatic rings. The van der Waals surface area contributed by atoms with Gasteiger partial charge in [0.15, 0.2) is 0 Å². The summed E-state index contributed by atoms with van der Waals surface area (Å²) in [5.41, 5.74) is 2.39. The Kier molecular flexibility index (Phi) is 6.50. The first-order valence-corrected chi connectivity index (χ1v) is 9.51. The lowest BCUT2D eigenvalue weighted by Gasteiger charge is -2.08. The Morgan fingerprint density at radius 1 is 0.962 bits per heavy atom. The van der Waals surface area contributed by atoms with Crippen molar-refractivity contribution in [3.63, 3.8) is 0 Å². The summed E-state index contributed by atoms with van der Waals surface area (Å²) >= 11 is 0.979. The summed E-state index contributed by atoms with van der Waals surface area (Å²) in [5.74, 6) is 0.606. The van der Waals surface area contributed by atoms with E-state index in [0.29, 0.717) is 11.5 Å². The molecule has 134 valence electrons. The standard InChI is InChI=1S/C21H21NO3S/c23-20-19(26-21(24)22-20)13-6-2-3-8-16-11-7-12-18(14-16)25-15-17-9-4-1-5-10-17/h1,4-5,7,9-14H,2-3,6,8,15H2,(H,22,23,24). The third-order valence-corrected chi connectivity index (χ3v) is 4.90. The highest BCUT2D eigenvalue weighted by Gasteiger charge is 2.24. The number of amides is 2. The van der Waals surface area contributed by atoms with E-state index >= 15 is 0 Å². The van der Waals surface area contributed by atoms with Gasteiger partial charge in [-0.05, 0) is 60.7 Å². The van der Waals surface area contributed by atoms with Gasteiger partial charge in [-0.2, -0.15) is 0 Å². The first-order valence-electron chi connectivity index (χ1n) is 8.70. The maximum atomic E-state index is 11.4. The molecular weight excluding hydrogens is 346 g/mol. The van der Waals surface area contributed by atoms with Crippen LogP contribution in [0, 0.1) is 0 Å². The fraction of sp³-hybridized carbons (Fsp3) is 0.238. The molecule has 1 saturated heterocycles. The third kappa shape index (κ3) is 5.49. The van der Waals surface area contributed by atoms with Crippen LogP contribution in [0.15, 0.2) is 65.6 Å². The molecule has 0 aromatic heterocycles. The maximum absolute atomic E-state index is 11.4. The fourth-order valence-corrected chi connectivity index (χ4v) is 3.39. The van der Waals surface area contributed by atoms with Crippen molar-refractivity contribution < 1.29 is 14.3 Å². The van der Waals surface area contributed by atoms with Gasteiger partial charge in [-0.1, -0.05) is 48.5 Å². The van der Waals surface area contributed by atoms with Gasteiger partial charge in [-0.25, -0.2) is 0 Å². The van der Waals surface area contributed by atoms with Gasteiger partial charge in [0, 0.05) is 0 Å². The Labute approximate surface area is 157 Å². The molecule has 0 saturated carbocycles. The zero-order valence-electron chi connectivity index (χ0n) is 14.4. The topological polar surface area (TPSA) is 55.4 Å². The maximum Gasteiger partial charge on any atom is 0.290 e. The van der Waals surface area contributed by atoms with E-state index in [4.69, 9.17) is 4.74 Å². The molecule has 0 bridgehead atoms. The van der Waals surface area contributed by atoms with Crippen LogP contribution in [0.4, 0.5) is 4.79 Å². The van der Waals surface area contributed by atoms with E-state index in [1.54, 1.807) is 0 Å². The molecule has 2 amide bonds. The van der Waals surface area contributed by atoms with Crippen LogP contribution in [0.1, 0.15) is 30.4 Å². The molecule has 2 aromatic carbocycles. The highest BCUT2D eigenvalue weighted by molar-refractivity contribution is 8.18. The first-order chi connectivity index (χ1) is 12.7. The monoisotopic (exact) mass is 367 g/mol. The van der Waals surface area contributed by atoms with E-state index in [1.165, 1.54) is 5.56 Å². The van der Waals surface area contributed by atoms with Gasteiger partial charge < -0.3 is 4.74 Å². The summed E-state index contributed by atoms with van der Waals surface area (Å²) in [7, 11) is 0. The Morgan fingerprint density at radius 3 is 2.54 bits per heavy atom. The van der Waals surface area contributed by atoms with E-state index < -0.39 is 0 Å². The molecule has 3 rings (SSSR count). The van der Waals surface area contributed by atoms with Gasteiger partial charge in [0.25, 0.3) is 11.1 Å². The van der Waals surface area contributed by atoms with E-state index in [0.717, 1.165) is 48.8 Å². The molecule has 1 aliphatic rings. The highest BCUT2D eigenvalue weighted by atomic mass is 32.2. The van der Waals surface area contributed by atoms with E-state index in [-0.39, 0.29) is 11.1 Å². The summed E-state index contributed by atoms with van der Waals surface area (Å²) in [4.78, 5) is 23.0. The minimum Gasteiger partial charge on any atom is -0.489 e. The van der Waals surface area contributed by atoms with Crippen molar-refractivity contribution in [2.75, 3.05) is 0 Å². The van der Waals surface area contributed by atoms with Crippen LogP contribution in [-0.4, -0.2) is 11.1 Å². The number of unbranched alkanes of at least 4 members (excludes halogenated alkanes) is 2. The summed E-state index contributed by atoms with van der Waals surface area (Å²) in [5, 5.41) is 1.98. The van der Waals surface area contributed by atoms with Crippen LogP contribution in [0.25, 0.3) is 0 Å². The molecule has 0 aliphatic carbocycles. The number of hydrogen-bond acceptors (Lipinski definition) is 4. The van der Waals surface area contributed by atoms with Crippen molar-refractivity contribution in [3.05, 3.63) is 76.7 Å². The van der Waals surface area contributed by atoms with Gasteiger partial charge in [-0.3, -0.25) is 14.9 Å². The van der Waals surface area contributed by atoms with Gasteiger partial charge >= 0.3 is 0 Å². The SMILES string of the molecule is O=C1NC(=O)C(=CCCCCc2cccc(OCc3ccccc3)c2)S1. The number of aryl methyl sites for hydroxylation is 1. The second-order valence-electron chi connectivity index (χ2n) is 6.08. The predicted molar refractivity (Wildman–Crippen MR) is 104 cm³/mol. The number of nitrogens with one attached hydrogen (secondary N) is 1. The highest BCUT2D eigenvalue weighted by Crippen LogP contribution is 2.24. The lowest BCUT2D eigenvalue weighted by Crippen LogP contribution is -2.17. The number of imide groups is 1. The van der Waals surface area contributed by atoms with Crippen LogP contribution >= 0.6 is 11.8 Å². The number of allylic oxidation sites excluding steroid dienone is 1. The van der Waals surface area contributed by atoms with E-state index in [9.17, 15) is 9.59 Å². The molecule has 1 fully saturated rings. The largest absolute Gasteiger partial charge is 0.489 e. The number of rotatable bonds is 8. The summed E-state index contributed by atoms with van der Waals surface area (Å²) in [6.45, 7) is 0.566. The van der Waals surface area contributed by atoms with Crippen LogP contribution in [0.3, 0.4) is 0 Å². The molecule has 26 heavy (non-hydrogen) atoms. The number of thioether (sulfide) groups is 1. The van der Waals surface area contributed by atoms with Crippen LogP contribution in [0.2, 0.25) is 0 Å². The summed E-state index contributed by atoms with van der Waals surface area (Å²) in [6, 6.07) is 18.3. The molecule has 1 heterocycles. The molecule has 1 aliphatic heterocycles. The second kappa shape index (κ2) is 9.25. The van der Waals surface area contributed by atoms with Crippen molar-refractivity contribution in [1.29, 1.82) is 0 Å². The fourth-order valence-electron chi connectivity index (χ4n) is 2.70. The Balaban J connectivity index is 1.42.